The van der Waals surface area contributed by atoms with E-state index in [1.807, 2.05) is 13.8 Å². The minimum Gasteiger partial charge on any atom is -0.477 e. The van der Waals surface area contributed by atoms with Crippen LogP contribution < -0.4 is 4.74 Å². The molecule has 0 saturated heterocycles. The van der Waals surface area contributed by atoms with E-state index in [1.165, 1.54) is 0 Å². The van der Waals surface area contributed by atoms with Gasteiger partial charge in [0.05, 0.1) is 6.61 Å². The second kappa shape index (κ2) is 3.76. The maximum absolute atomic E-state index is 5.32. The summed E-state index contributed by atoms with van der Waals surface area (Å²) < 4.78 is 7.87. The van der Waals surface area contributed by atoms with Crippen molar-refractivity contribution in [1.29, 1.82) is 0 Å². The van der Waals surface area contributed by atoms with Gasteiger partial charge in [0.25, 0.3) is 0 Å². The first-order chi connectivity index (χ1) is 5.29. The van der Waals surface area contributed by atoms with Gasteiger partial charge in [-0.1, -0.05) is 0 Å². The molecule has 0 aromatic carbocycles. The topological polar surface area (TPSA) is 27.1 Å². The van der Waals surface area contributed by atoms with Gasteiger partial charge in [-0.2, -0.15) is 5.10 Å². The van der Waals surface area contributed by atoms with Crippen LogP contribution in [0, 0.1) is 6.20 Å². The molecule has 0 aliphatic carbocycles. The molecule has 61 valence electrons. The summed E-state index contributed by atoms with van der Waals surface area (Å²) in [5.41, 5.74) is 0. The SMILES string of the molecule is CCOc1c(Br)[c]nn1CC. The van der Waals surface area contributed by atoms with Crippen LogP contribution in [0.2, 0.25) is 0 Å². The van der Waals surface area contributed by atoms with Gasteiger partial charge in [0.1, 0.15) is 10.7 Å². The zero-order valence-electron chi connectivity index (χ0n) is 6.59. The molecule has 1 radical (unpaired) electrons. The molecule has 0 aliphatic heterocycles. The molecule has 0 atom stereocenters. The Kier molecular flexibility index (Phi) is 2.93. The lowest BCUT2D eigenvalue weighted by Crippen LogP contribution is -2.02. The van der Waals surface area contributed by atoms with Gasteiger partial charge in [0.2, 0.25) is 5.88 Å². The summed E-state index contributed by atoms with van der Waals surface area (Å²) in [6.45, 7) is 5.41. The fourth-order valence-corrected chi connectivity index (χ4v) is 1.20. The maximum Gasteiger partial charge on any atom is 0.227 e. The average molecular weight is 218 g/mol. The fraction of sp³-hybridized carbons (Fsp3) is 0.571. The fourth-order valence-electron chi connectivity index (χ4n) is 0.800. The first kappa shape index (κ1) is 8.59. The lowest BCUT2D eigenvalue weighted by molar-refractivity contribution is 0.301. The van der Waals surface area contributed by atoms with E-state index in [0.717, 1.165) is 16.9 Å². The van der Waals surface area contributed by atoms with Crippen molar-refractivity contribution < 1.29 is 4.74 Å². The van der Waals surface area contributed by atoms with E-state index in [1.54, 1.807) is 4.68 Å². The smallest absolute Gasteiger partial charge is 0.227 e. The molecule has 0 aliphatic rings. The van der Waals surface area contributed by atoms with Crippen molar-refractivity contribution >= 4 is 15.9 Å². The summed E-state index contributed by atoms with van der Waals surface area (Å²) in [6.07, 6.45) is 2.78. The molecular formula is C7H10BrN2O. The molecule has 1 heterocycles. The van der Waals surface area contributed by atoms with Crippen molar-refractivity contribution in [3.8, 4) is 5.88 Å². The molecule has 0 N–H and O–H groups in total. The van der Waals surface area contributed by atoms with Gasteiger partial charge in [-0.05, 0) is 29.8 Å². The van der Waals surface area contributed by atoms with Crippen LogP contribution in [0.4, 0.5) is 0 Å². The largest absolute Gasteiger partial charge is 0.477 e. The molecule has 0 unspecified atom stereocenters. The molecule has 0 amide bonds. The minimum atomic E-state index is 0.651. The molecule has 0 bridgehead atoms. The highest BCUT2D eigenvalue weighted by Crippen LogP contribution is 2.23. The van der Waals surface area contributed by atoms with Crippen molar-refractivity contribution in [2.45, 2.75) is 20.4 Å². The standard InChI is InChI=1S/C7H10BrN2O/c1-3-10-7(11-4-2)6(8)5-9-10/h3-4H2,1-2H3. The average Bonchev–Trinajstić information content (AvgIpc) is 2.34. The lowest BCUT2D eigenvalue weighted by Gasteiger charge is -2.04. The van der Waals surface area contributed by atoms with Gasteiger partial charge >= 0.3 is 0 Å². The van der Waals surface area contributed by atoms with Crippen LogP contribution in [0.5, 0.6) is 5.88 Å². The van der Waals surface area contributed by atoms with Crippen LogP contribution in [0.25, 0.3) is 0 Å². The molecule has 1 aromatic heterocycles. The molecule has 0 saturated carbocycles. The first-order valence-corrected chi connectivity index (χ1v) is 4.35. The Morgan fingerprint density at radius 3 is 2.91 bits per heavy atom. The summed E-state index contributed by atoms with van der Waals surface area (Å²) in [6, 6.07) is 0. The van der Waals surface area contributed by atoms with E-state index >= 15 is 0 Å². The Morgan fingerprint density at radius 1 is 1.64 bits per heavy atom. The number of ether oxygens (including phenoxy) is 1. The number of aromatic nitrogens is 2. The van der Waals surface area contributed by atoms with Crippen LogP contribution in [-0.2, 0) is 6.54 Å². The summed E-state index contributed by atoms with van der Waals surface area (Å²) in [5, 5.41) is 3.97. The molecule has 11 heavy (non-hydrogen) atoms. The minimum absolute atomic E-state index is 0.651. The van der Waals surface area contributed by atoms with Gasteiger partial charge in [-0.3, -0.25) is 0 Å². The summed E-state index contributed by atoms with van der Waals surface area (Å²) in [4.78, 5) is 0. The maximum atomic E-state index is 5.32. The molecule has 0 fully saturated rings. The predicted octanol–water partition coefficient (Wildman–Crippen LogP) is 1.86. The zero-order valence-corrected chi connectivity index (χ0v) is 8.18. The Bertz CT molecular complexity index is 234. The van der Waals surface area contributed by atoms with Gasteiger partial charge in [0, 0.05) is 6.54 Å². The third-order valence-electron chi connectivity index (χ3n) is 1.27. The quantitative estimate of drug-likeness (QED) is 0.774. The molecule has 0 spiro atoms. The monoisotopic (exact) mass is 217 g/mol. The Hall–Kier alpha value is -0.510. The van der Waals surface area contributed by atoms with Gasteiger partial charge < -0.3 is 4.74 Å². The molecule has 1 aromatic rings. The lowest BCUT2D eigenvalue weighted by atomic mass is 10.6. The number of aryl methyl sites for hydroxylation is 1. The van der Waals surface area contributed by atoms with Crippen LogP contribution in [-0.4, -0.2) is 16.4 Å². The van der Waals surface area contributed by atoms with E-state index < -0.39 is 0 Å². The van der Waals surface area contributed by atoms with Crippen LogP contribution in [0.1, 0.15) is 13.8 Å². The number of nitrogens with zero attached hydrogens (tertiary/aromatic N) is 2. The first-order valence-electron chi connectivity index (χ1n) is 3.56. The van der Waals surface area contributed by atoms with Crippen molar-refractivity contribution in [2.75, 3.05) is 6.61 Å². The number of hydrogen-bond acceptors (Lipinski definition) is 2. The van der Waals surface area contributed by atoms with Crippen LogP contribution in [0.3, 0.4) is 0 Å². The summed E-state index contributed by atoms with van der Waals surface area (Å²) in [5.74, 6) is 0.759. The number of halogens is 1. The predicted molar refractivity (Wildman–Crippen MR) is 45.6 cm³/mol. The highest BCUT2D eigenvalue weighted by molar-refractivity contribution is 9.10. The van der Waals surface area contributed by atoms with Gasteiger partial charge in [0.15, 0.2) is 0 Å². The van der Waals surface area contributed by atoms with E-state index in [2.05, 4.69) is 27.2 Å². The highest BCUT2D eigenvalue weighted by Gasteiger charge is 2.07. The Morgan fingerprint density at radius 2 is 2.36 bits per heavy atom. The second-order valence-corrected chi connectivity index (χ2v) is 2.77. The Balaban J connectivity index is 2.88. The number of hydrogen-bond donors (Lipinski definition) is 0. The Labute approximate surface area is 74.5 Å². The molecule has 1 rings (SSSR count). The third kappa shape index (κ3) is 1.74. The second-order valence-electron chi connectivity index (χ2n) is 1.98. The third-order valence-corrected chi connectivity index (χ3v) is 1.79. The molecule has 4 heteroatoms. The van der Waals surface area contributed by atoms with Gasteiger partial charge in [-0.15, -0.1) is 0 Å². The van der Waals surface area contributed by atoms with Crippen LogP contribution in [0.15, 0.2) is 4.47 Å². The van der Waals surface area contributed by atoms with E-state index in [4.69, 9.17) is 4.74 Å². The number of rotatable bonds is 3. The van der Waals surface area contributed by atoms with Crippen molar-refractivity contribution in [2.24, 2.45) is 0 Å². The van der Waals surface area contributed by atoms with Crippen LogP contribution >= 0.6 is 15.9 Å². The highest BCUT2D eigenvalue weighted by atomic mass is 79.9. The van der Waals surface area contributed by atoms with E-state index in [0.29, 0.717) is 6.61 Å². The van der Waals surface area contributed by atoms with Crippen molar-refractivity contribution in [3.63, 3.8) is 0 Å². The van der Waals surface area contributed by atoms with E-state index in [9.17, 15) is 0 Å². The normalized spacial score (nSPS) is 10.1. The van der Waals surface area contributed by atoms with Crippen molar-refractivity contribution in [1.82, 2.24) is 9.78 Å². The molecule has 3 nitrogen and oxygen atoms in total. The summed E-state index contributed by atoms with van der Waals surface area (Å²) >= 11 is 3.30. The van der Waals surface area contributed by atoms with E-state index in [-0.39, 0.29) is 0 Å². The van der Waals surface area contributed by atoms with Crippen molar-refractivity contribution in [3.05, 3.63) is 10.7 Å². The molecular weight excluding hydrogens is 208 g/mol. The zero-order chi connectivity index (χ0) is 8.27. The van der Waals surface area contributed by atoms with Gasteiger partial charge in [-0.25, -0.2) is 4.68 Å². The summed E-state index contributed by atoms with van der Waals surface area (Å²) in [7, 11) is 0.